The highest BCUT2D eigenvalue weighted by Gasteiger charge is 2.45. The van der Waals surface area contributed by atoms with Crippen molar-refractivity contribution < 1.29 is 27.1 Å². The lowest BCUT2D eigenvalue weighted by atomic mass is 9.95. The molecule has 0 N–H and O–H groups in total. The number of rotatable bonds is 5. The molecule has 3 heterocycles. The minimum atomic E-state index is -4.99. The van der Waals surface area contributed by atoms with Crippen molar-refractivity contribution in [3.8, 4) is 11.3 Å². The third-order valence-corrected chi connectivity index (χ3v) is 7.96. The Hall–Kier alpha value is -3.41. The molecule has 4 aromatic rings. The summed E-state index contributed by atoms with van der Waals surface area (Å²) in [6.07, 6.45) is -3.55. The van der Waals surface area contributed by atoms with Crippen LogP contribution in [0.5, 0.6) is 0 Å². The molecule has 1 aliphatic heterocycles. The average Bonchev–Trinajstić information content (AvgIpc) is 3.47. The smallest absolute Gasteiger partial charge is 0.434 e. The molecule has 6 nitrogen and oxygen atoms in total. The molecule has 0 saturated carbocycles. The molecule has 1 atom stereocenters. The van der Waals surface area contributed by atoms with Gasteiger partial charge in [0.05, 0.1) is 22.8 Å². The number of esters is 1. The number of ether oxygens (including phenoxy) is 1. The fraction of sp³-hybridized carbons (Fsp3) is 0.179. The van der Waals surface area contributed by atoms with Gasteiger partial charge in [-0.05, 0) is 61.4 Å². The number of carbonyl (C=O) groups excluding carboxylic acids is 1. The number of nitrogens with zero attached hydrogens (tertiary/aromatic N) is 2. The molecule has 0 fully saturated rings. The number of benzene rings is 2. The predicted molar refractivity (Wildman–Crippen MR) is 149 cm³/mol. The van der Waals surface area contributed by atoms with Crippen LogP contribution in [0.25, 0.3) is 17.4 Å². The summed E-state index contributed by atoms with van der Waals surface area (Å²) >= 11 is 10.3. The van der Waals surface area contributed by atoms with Gasteiger partial charge in [0.15, 0.2) is 10.5 Å². The van der Waals surface area contributed by atoms with Crippen molar-refractivity contribution in [3.63, 3.8) is 0 Å². The summed E-state index contributed by atoms with van der Waals surface area (Å²) in [6, 6.07) is 13.5. The van der Waals surface area contributed by atoms with Gasteiger partial charge < -0.3 is 9.15 Å². The van der Waals surface area contributed by atoms with Crippen molar-refractivity contribution >= 4 is 50.9 Å². The van der Waals surface area contributed by atoms with Crippen LogP contribution in [0.3, 0.4) is 0 Å². The summed E-state index contributed by atoms with van der Waals surface area (Å²) in [5.74, 6) is -0.363. The van der Waals surface area contributed by atoms with Crippen LogP contribution in [0.4, 0.5) is 13.2 Å². The number of thiazole rings is 1. The molecule has 5 rings (SSSR count). The van der Waals surface area contributed by atoms with E-state index in [4.69, 9.17) is 20.8 Å². The molecular formula is C28H19BrClF3N2O4S. The van der Waals surface area contributed by atoms with Crippen molar-refractivity contribution in [1.29, 1.82) is 0 Å². The first-order valence-electron chi connectivity index (χ1n) is 11.9. The number of furan rings is 1. The van der Waals surface area contributed by atoms with E-state index >= 15 is 0 Å². The maximum absolute atomic E-state index is 14.2. The standard InChI is InChI=1S/C28H19BrClF3N2O4S/c1-3-38-26(37)22-23(15-5-7-16(30)8-6-15)35-25(36)21(40-27(35)34-24(22)28(31,32)33)13-17-9-11-20(39-17)18-10-4-14(2)12-19(18)29/h4-13,23H,3H2,1-2H3/b21-13-/t23-/m0/s1. The molecule has 0 radical (unpaired) electrons. The van der Waals surface area contributed by atoms with E-state index in [1.807, 2.05) is 25.1 Å². The molecule has 0 spiro atoms. The SMILES string of the molecule is CCOC(=O)C1=C(C(F)(F)F)N=c2s/c(=C\c3ccc(-c4ccc(C)cc4Br)o3)c(=O)n2[C@H]1c1ccc(Cl)cc1. The summed E-state index contributed by atoms with van der Waals surface area (Å²) in [4.78, 5) is 30.1. The van der Waals surface area contributed by atoms with E-state index in [9.17, 15) is 22.8 Å². The number of aromatic nitrogens is 1. The molecule has 206 valence electrons. The number of aryl methyl sites for hydroxylation is 1. The quantitative estimate of drug-likeness (QED) is 0.237. The van der Waals surface area contributed by atoms with E-state index in [1.165, 1.54) is 37.3 Å². The van der Waals surface area contributed by atoms with Crippen molar-refractivity contribution in [1.82, 2.24) is 4.57 Å². The summed E-state index contributed by atoms with van der Waals surface area (Å²) in [6.45, 7) is 3.27. The first kappa shape index (κ1) is 28.1. The van der Waals surface area contributed by atoms with E-state index < -0.39 is 35.0 Å². The van der Waals surface area contributed by atoms with Crippen molar-refractivity contribution in [3.05, 3.63) is 112 Å². The highest BCUT2D eigenvalue weighted by molar-refractivity contribution is 9.10. The van der Waals surface area contributed by atoms with Gasteiger partial charge in [0, 0.05) is 21.1 Å². The van der Waals surface area contributed by atoms with Crippen LogP contribution in [-0.4, -0.2) is 23.3 Å². The van der Waals surface area contributed by atoms with Gasteiger partial charge >= 0.3 is 12.1 Å². The molecule has 0 unspecified atom stereocenters. The largest absolute Gasteiger partial charge is 0.463 e. The molecule has 2 aromatic carbocycles. The van der Waals surface area contributed by atoms with Gasteiger partial charge in [-0.3, -0.25) is 9.36 Å². The van der Waals surface area contributed by atoms with Gasteiger partial charge in [-0.15, -0.1) is 0 Å². The highest BCUT2D eigenvalue weighted by atomic mass is 79.9. The summed E-state index contributed by atoms with van der Waals surface area (Å²) < 4.78 is 55.6. The van der Waals surface area contributed by atoms with Gasteiger partial charge in [-0.1, -0.05) is 57.1 Å². The Balaban J connectivity index is 1.70. The van der Waals surface area contributed by atoms with E-state index in [1.54, 1.807) is 12.1 Å². The second-order valence-corrected chi connectivity index (χ2v) is 11.1. The zero-order chi connectivity index (χ0) is 28.8. The lowest BCUT2D eigenvalue weighted by Gasteiger charge is -2.26. The van der Waals surface area contributed by atoms with Crippen LogP contribution < -0.4 is 14.9 Å². The molecular weight excluding hydrogens is 633 g/mol. The Morgan fingerprint density at radius 1 is 1.20 bits per heavy atom. The Morgan fingerprint density at radius 2 is 1.93 bits per heavy atom. The third kappa shape index (κ3) is 5.33. The highest BCUT2D eigenvalue weighted by Crippen LogP contribution is 2.38. The summed E-state index contributed by atoms with van der Waals surface area (Å²) in [5, 5.41) is 0.336. The molecule has 12 heteroatoms. The van der Waals surface area contributed by atoms with Crippen LogP contribution in [0.2, 0.25) is 5.02 Å². The maximum Gasteiger partial charge on any atom is 0.434 e. The molecule has 1 aliphatic rings. The van der Waals surface area contributed by atoms with Crippen LogP contribution >= 0.6 is 38.9 Å². The van der Waals surface area contributed by atoms with E-state index in [0.29, 0.717) is 16.5 Å². The van der Waals surface area contributed by atoms with Gasteiger partial charge in [0.2, 0.25) is 0 Å². The maximum atomic E-state index is 14.2. The van der Waals surface area contributed by atoms with Crippen LogP contribution in [-0.2, 0) is 9.53 Å². The van der Waals surface area contributed by atoms with Crippen molar-refractivity contribution in [2.75, 3.05) is 6.61 Å². The van der Waals surface area contributed by atoms with Crippen LogP contribution in [0, 0.1) is 6.92 Å². The Labute approximate surface area is 242 Å². The lowest BCUT2D eigenvalue weighted by molar-refractivity contribution is -0.140. The minimum Gasteiger partial charge on any atom is -0.463 e. The third-order valence-electron chi connectivity index (χ3n) is 6.07. The topological polar surface area (TPSA) is 73.8 Å². The van der Waals surface area contributed by atoms with E-state index in [2.05, 4.69) is 20.9 Å². The Kier molecular flexibility index (Phi) is 7.64. The minimum absolute atomic E-state index is 0.0771. The fourth-order valence-electron chi connectivity index (χ4n) is 4.33. The molecule has 0 bridgehead atoms. The monoisotopic (exact) mass is 650 g/mol. The molecule has 0 aliphatic carbocycles. The number of fused-ring (bicyclic) bond motifs is 1. The number of allylic oxidation sites excluding steroid dienone is 1. The van der Waals surface area contributed by atoms with Crippen molar-refractivity contribution in [2.45, 2.75) is 26.1 Å². The van der Waals surface area contributed by atoms with Crippen LogP contribution in [0.1, 0.15) is 29.9 Å². The number of hydrogen-bond donors (Lipinski definition) is 0. The summed E-state index contributed by atoms with van der Waals surface area (Å²) in [7, 11) is 0. The fourth-order valence-corrected chi connectivity index (χ4v) is 6.12. The lowest BCUT2D eigenvalue weighted by Crippen LogP contribution is -2.41. The predicted octanol–water partition coefficient (Wildman–Crippen LogP) is 6.33. The first-order chi connectivity index (χ1) is 19.0. The first-order valence-corrected chi connectivity index (χ1v) is 13.9. The van der Waals surface area contributed by atoms with Gasteiger partial charge in [-0.2, -0.15) is 13.2 Å². The van der Waals surface area contributed by atoms with Crippen LogP contribution in [0.15, 0.2) is 84.5 Å². The number of alkyl halides is 3. The zero-order valence-electron chi connectivity index (χ0n) is 20.9. The second-order valence-electron chi connectivity index (χ2n) is 8.80. The second kappa shape index (κ2) is 10.9. The number of halogens is 5. The molecule has 2 aromatic heterocycles. The van der Waals surface area contributed by atoms with Gasteiger partial charge in [0.25, 0.3) is 5.56 Å². The Morgan fingerprint density at radius 3 is 2.58 bits per heavy atom. The van der Waals surface area contributed by atoms with Gasteiger partial charge in [0.1, 0.15) is 11.5 Å². The van der Waals surface area contributed by atoms with E-state index in [-0.39, 0.29) is 21.5 Å². The molecule has 40 heavy (non-hydrogen) atoms. The molecule has 0 amide bonds. The van der Waals surface area contributed by atoms with Crippen molar-refractivity contribution in [2.24, 2.45) is 4.99 Å². The number of carbonyl (C=O) groups is 1. The van der Waals surface area contributed by atoms with Gasteiger partial charge in [-0.25, -0.2) is 9.79 Å². The Bertz CT molecular complexity index is 1840. The average molecular weight is 652 g/mol. The summed E-state index contributed by atoms with van der Waals surface area (Å²) in [5.41, 5.74) is -0.742. The zero-order valence-corrected chi connectivity index (χ0v) is 24.0. The van der Waals surface area contributed by atoms with E-state index in [0.717, 1.165) is 31.5 Å². The normalized spacial score (nSPS) is 15.7. The molecule has 0 saturated heterocycles. The number of hydrogen-bond acceptors (Lipinski definition) is 6.